The van der Waals surface area contributed by atoms with Gasteiger partial charge in [-0.25, -0.2) is 0 Å². The second-order valence-electron chi connectivity index (χ2n) is 8.18. The average molecular weight is 608 g/mol. The number of carbonyl (C=O) groups excluding carboxylic acids is 2. The molecule has 4 saturated heterocycles. The van der Waals surface area contributed by atoms with Crippen molar-refractivity contribution in [2.75, 3.05) is 14.2 Å². The summed E-state index contributed by atoms with van der Waals surface area (Å²) in [6.07, 6.45) is 0.805. The third kappa shape index (κ3) is 3.19. The number of carbonyl (C=O) groups is 2. The number of amides is 2. The van der Waals surface area contributed by atoms with Gasteiger partial charge in [0.2, 0.25) is 10.6 Å². The lowest BCUT2D eigenvalue weighted by Crippen LogP contribution is -2.77. The summed E-state index contributed by atoms with van der Waals surface area (Å²) in [5.41, 5.74) is -1.19. The van der Waals surface area contributed by atoms with E-state index in [0.29, 0.717) is 11.3 Å². The van der Waals surface area contributed by atoms with Gasteiger partial charge in [0, 0.05) is 12.0 Å². The number of fused-ring (bicyclic) bond motifs is 4. The highest BCUT2D eigenvalue weighted by atomic mass is 127. The van der Waals surface area contributed by atoms with Gasteiger partial charge < -0.3 is 30.1 Å². The van der Waals surface area contributed by atoms with Crippen LogP contribution in [-0.2, 0) is 14.4 Å². The van der Waals surface area contributed by atoms with Crippen LogP contribution >= 0.6 is 44.2 Å². The molecule has 1 aromatic rings. The number of rotatable bonds is 3. The number of alkyl halides is 1. The van der Waals surface area contributed by atoms with Crippen LogP contribution in [0.5, 0.6) is 17.2 Å². The number of hydrogen-bond donors (Lipinski definition) is 4. The molecule has 1 aromatic carbocycles. The van der Waals surface area contributed by atoms with Crippen molar-refractivity contribution in [2.45, 2.75) is 44.3 Å². The number of benzene rings is 1. The van der Waals surface area contributed by atoms with Crippen LogP contribution in [0.2, 0.25) is 0 Å². The van der Waals surface area contributed by atoms with Gasteiger partial charge in [-0.15, -0.1) is 0 Å². The van der Waals surface area contributed by atoms with Gasteiger partial charge >= 0.3 is 0 Å². The Hall–Kier alpha value is -1.39. The summed E-state index contributed by atoms with van der Waals surface area (Å²) in [6.45, 7) is 0. The third-order valence-electron chi connectivity index (χ3n) is 6.38. The van der Waals surface area contributed by atoms with Crippen LogP contribution < -0.4 is 14.8 Å². The summed E-state index contributed by atoms with van der Waals surface area (Å²) >= 11 is 2.03. The molecule has 2 bridgehead atoms. The molecule has 0 radical (unpaired) electrons. The number of aliphatic hydroxyl groups excluding tert-OH is 1. The number of aromatic hydroxyl groups is 1. The molecule has 178 valence electrons. The lowest BCUT2D eigenvalue weighted by molar-refractivity contribution is -0.312. The Balaban J connectivity index is 1.58. The maximum atomic E-state index is 13.6. The van der Waals surface area contributed by atoms with Gasteiger partial charge in [0.25, 0.3) is 11.8 Å². The second kappa shape index (κ2) is 8.09. The second-order valence-corrected chi connectivity index (χ2v) is 12.1. The molecule has 4 aliphatic heterocycles. The fourth-order valence-electron chi connectivity index (χ4n) is 4.66. The number of aliphatic hydroxyl groups is 2. The molecule has 0 aromatic heterocycles. The monoisotopic (exact) mass is 608 g/mol. The van der Waals surface area contributed by atoms with Gasteiger partial charge in [0.1, 0.15) is 23.9 Å². The van der Waals surface area contributed by atoms with Gasteiger partial charge in [-0.2, -0.15) is 5.06 Å². The summed E-state index contributed by atoms with van der Waals surface area (Å²) in [6, 6.07) is 2.18. The van der Waals surface area contributed by atoms with E-state index < -0.39 is 49.7 Å². The van der Waals surface area contributed by atoms with Crippen LogP contribution in [0.4, 0.5) is 0 Å². The number of piperazine rings is 1. The molecule has 6 rings (SSSR count). The van der Waals surface area contributed by atoms with Crippen LogP contribution in [0.15, 0.2) is 24.3 Å². The Morgan fingerprint density at radius 3 is 2.73 bits per heavy atom. The molecule has 1 unspecified atom stereocenters. The molecule has 4 fully saturated rings. The van der Waals surface area contributed by atoms with Crippen molar-refractivity contribution in [1.82, 2.24) is 10.4 Å². The van der Waals surface area contributed by atoms with E-state index in [1.54, 1.807) is 18.2 Å². The zero-order valence-electron chi connectivity index (χ0n) is 17.4. The Morgan fingerprint density at radius 2 is 2.03 bits per heavy atom. The van der Waals surface area contributed by atoms with Crippen molar-refractivity contribution in [3.05, 3.63) is 29.8 Å². The highest BCUT2D eigenvalue weighted by Gasteiger charge is 2.69. The Morgan fingerprint density at radius 1 is 1.27 bits per heavy atom. The molecule has 4 heterocycles. The fourth-order valence-corrected chi connectivity index (χ4v) is 8.99. The number of hydroxylamine groups is 2. The minimum absolute atomic E-state index is 0.118. The number of hydrogen-bond acceptors (Lipinski definition) is 10. The molecule has 5 aliphatic rings. The van der Waals surface area contributed by atoms with E-state index in [-0.39, 0.29) is 17.9 Å². The first-order valence-electron chi connectivity index (χ1n) is 10.0. The Labute approximate surface area is 210 Å². The van der Waals surface area contributed by atoms with Crippen LogP contribution in [0.3, 0.4) is 0 Å². The fraction of sp³-hybridized carbons (Fsp3) is 0.500. The van der Waals surface area contributed by atoms with Gasteiger partial charge in [0.05, 0.1) is 23.4 Å². The molecule has 1 aliphatic carbocycles. The number of nitrogens with one attached hydrogen (secondary N) is 1. The van der Waals surface area contributed by atoms with Crippen molar-refractivity contribution in [3.8, 4) is 17.2 Å². The quantitative estimate of drug-likeness (QED) is 0.171. The lowest BCUT2D eigenvalue weighted by Gasteiger charge is -2.56. The van der Waals surface area contributed by atoms with Crippen molar-refractivity contribution in [2.24, 2.45) is 0 Å². The van der Waals surface area contributed by atoms with Gasteiger partial charge in [-0.1, -0.05) is 62.4 Å². The summed E-state index contributed by atoms with van der Waals surface area (Å²) in [5, 5.41) is 35.9. The highest BCUT2D eigenvalue weighted by molar-refractivity contribution is 14.1. The van der Waals surface area contributed by atoms with E-state index in [1.807, 2.05) is 22.6 Å². The summed E-state index contributed by atoms with van der Waals surface area (Å²) in [5.74, 6) is -0.762. The van der Waals surface area contributed by atoms with Crippen LogP contribution in [0, 0.1) is 0 Å². The normalized spacial score (nSPS) is 39.4. The number of halogens is 1. The molecular weight excluding hydrogens is 587 g/mol. The maximum absolute atomic E-state index is 13.6. The third-order valence-corrected chi connectivity index (χ3v) is 11.2. The zero-order chi connectivity index (χ0) is 23.7. The SMILES string of the molecule is COc1ccc(C2SS[C@]34C[C@]5(O)[C@H](I)C=C[C@@H](O)[C@@H]5ON3C(=O)[C@@H]2NC4=O)c(O)c1OC. The Kier molecular flexibility index (Phi) is 5.72. The van der Waals surface area contributed by atoms with Crippen molar-refractivity contribution in [3.63, 3.8) is 0 Å². The van der Waals surface area contributed by atoms with Crippen LogP contribution in [0.25, 0.3) is 0 Å². The first-order chi connectivity index (χ1) is 15.7. The first-order valence-corrected chi connectivity index (χ1v) is 13.5. The van der Waals surface area contributed by atoms with E-state index in [0.717, 1.165) is 15.9 Å². The van der Waals surface area contributed by atoms with Crippen molar-refractivity contribution in [1.29, 1.82) is 0 Å². The number of phenols is 1. The van der Waals surface area contributed by atoms with E-state index in [2.05, 4.69) is 5.32 Å². The number of phenolic OH excluding ortho intramolecular Hbond substituents is 1. The minimum atomic E-state index is -1.57. The van der Waals surface area contributed by atoms with E-state index in [1.165, 1.54) is 31.1 Å². The zero-order valence-corrected chi connectivity index (χ0v) is 21.2. The number of nitrogens with zero attached hydrogens (tertiary/aromatic N) is 1. The molecule has 13 heteroatoms. The predicted octanol–water partition coefficient (Wildman–Crippen LogP) is 1.04. The Bertz CT molecular complexity index is 1060. The molecule has 2 amide bonds. The lowest BCUT2D eigenvalue weighted by atomic mass is 9.77. The molecule has 33 heavy (non-hydrogen) atoms. The predicted molar refractivity (Wildman–Crippen MR) is 128 cm³/mol. The molecule has 4 N–H and O–H groups in total. The van der Waals surface area contributed by atoms with Gasteiger partial charge in [0.15, 0.2) is 11.5 Å². The molecule has 10 nitrogen and oxygen atoms in total. The largest absolute Gasteiger partial charge is 0.504 e. The number of ether oxygens (including phenoxy) is 2. The van der Waals surface area contributed by atoms with E-state index in [4.69, 9.17) is 14.3 Å². The molecular formula is C20H21IN2O8S2. The summed E-state index contributed by atoms with van der Waals surface area (Å²) < 4.78 is 10.1. The van der Waals surface area contributed by atoms with Gasteiger partial charge in [-0.05, 0) is 6.07 Å². The molecule has 7 atom stereocenters. The molecule has 0 saturated carbocycles. The van der Waals surface area contributed by atoms with E-state index >= 15 is 0 Å². The van der Waals surface area contributed by atoms with E-state index in [9.17, 15) is 24.9 Å². The topological polar surface area (TPSA) is 138 Å². The maximum Gasteiger partial charge on any atom is 0.272 e. The summed E-state index contributed by atoms with van der Waals surface area (Å²) in [7, 11) is 5.16. The van der Waals surface area contributed by atoms with Crippen LogP contribution in [0.1, 0.15) is 17.2 Å². The minimum Gasteiger partial charge on any atom is -0.504 e. The van der Waals surface area contributed by atoms with Gasteiger partial charge in [-0.3, -0.25) is 14.4 Å². The number of methoxy groups -OCH3 is 2. The average Bonchev–Trinajstić information content (AvgIpc) is 2.99. The highest BCUT2D eigenvalue weighted by Crippen LogP contribution is 2.61. The summed E-state index contributed by atoms with van der Waals surface area (Å²) in [4.78, 5) is 31.3. The van der Waals surface area contributed by atoms with Crippen LogP contribution in [-0.4, -0.2) is 79.1 Å². The molecule has 1 spiro atoms. The van der Waals surface area contributed by atoms with Crippen molar-refractivity contribution < 1.29 is 39.2 Å². The smallest absolute Gasteiger partial charge is 0.272 e. The standard InChI is InChI=1S/C20H21IN2O8S2/c1-29-10-5-3-8(13(25)14(10)30-2)15-12-17(26)23-20(33-32-15,18(27)22-12)7-19(28)11(21)6-4-9(24)16(19)31-23/h3-6,9,11-12,15-16,24-25,28H,7H2,1-2H3,(H,22,27)/t9-,11-,12-,15?,16+,19+,20+/m1/s1. The van der Waals surface area contributed by atoms with Crippen molar-refractivity contribution >= 4 is 56.0 Å². The first kappa shape index (κ1) is 23.4.